The van der Waals surface area contributed by atoms with E-state index in [-0.39, 0.29) is 11.9 Å². The Balaban J connectivity index is 1.11. The van der Waals surface area contributed by atoms with Gasteiger partial charge in [-0.2, -0.15) is 5.26 Å². The number of carbonyl (C=O) groups is 2. The summed E-state index contributed by atoms with van der Waals surface area (Å²) < 4.78 is 1.91. The number of piperidine rings is 1. The molecule has 37 heavy (non-hydrogen) atoms. The van der Waals surface area contributed by atoms with Crippen LogP contribution in [0.1, 0.15) is 45.8 Å². The van der Waals surface area contributed by atoms with Gasteiger partial charge in [-0.1, -0.05) is 23.7 Å². The number of nitrogens with one attached hydrogen (secondary N) is 2. The van der Waals surface area contributed by atoms with Gasteiger partial charge < -0.3 is 19.9 Å². The number of imidazole rings is 1. The molecule has 0 aliphatic carbocycles. The molecular weight excluding hydrogens is 488 g/mol. The highest BCUT2D eigenvalue weighted by Crippen LogP contribution is 2.30. The van der Waals surface area contributed by atoms with Crippen molar-refractivity contribution in [2.75, 3.05) is 18.4 Å². The van der Waals surface area contributed by atoms with Crippen LogP contribution in [0.5, 0.6) is 0 Å². The number of nitrogens with zero attached hydrogens (tertiary/aromatic N) is 4. The molecule has 0 spiro atoms. The number of amides is 3. The summed E-state index contributed by atoms with van der Waals surface area (Å²) in [5.41, 5.74) is 4.56. The molecule has 1 aliphatic rings. The number of urea groups is 1. The Bertz CT molecular complexity index is 1480. The van der Waals surface area contributed by atoms with Gasteiger partial charge in [-0.15, -0.1) is 0 Å². The second-order valence-corrected chi connectivity index (χ2v) is 9.44. The fourth-order valence-electron chi connectivity index (χ4n) is 4.60. The molecule has 3 heterocycles. The number of hydrogen-bond acceptors (Lipinski definition) is 4. The molecule has 0 bridgehead atoms. The Kier molecular flexibility index (Phi) is 7.06. The van der Waals surface area contributed by atoms with Crippen LogP contribution in [0.15, 0.2) is 73.2 Å². The van der Waals surface area contributed by atoms with Gasteiger partial charge in [-0.3, -0.25) is 4.79 Å². The van der Waals surface area contributed by atoms with E-state index in [1.807, 2.05) is 64.2 Å². The van der Waals surface area contributed by atoms with Crippen molar-refractivity contribution in [1.29, 1.82) is 5.26 Å². The van der Waals surface area contributed by atoms with Crippen molar-refractivity contribution < 1.29 is 9.59 Å². The summed E-state index contributed by atoms with van der Waals surface area (Å²) in [6.45, 7) is 1.66. The quantitative estimate of drug-likeness (QED) is 0.383. The normalized spacial score (nSPS) is 13.8. The van der Waals surface area contributed by atoms with Gasteiger partial charge in [0, 0.05) is 43.9 Å². The molecule has 1 saturated heterocycles. The first-order valence-corrected chi connectivity index (χ1v) is 12.4. The van der Waals surface area contributed by atoms with Crippen LogP contribution in [-0.2, 0) is 6.54 Å². The van der Waals surface area contributed by atoms with Gasteiger partial charge in [0.1, 0.15) is 5.65 Å². The third-order valence-electron chi connectivity index (χ3n) is 6.67. The maximum absolute atomic E-state index is 12.9. The Labute approximate surface area is 219 Å². The molecule has 3 amide bonds. The van der Waals surface area contributed by atoms with Crippen LogP contribution in [0.2, 0.25) is 5.02 Å². The van der Waals surface area contributed by atoms with E-state index in [9.17, 15) is 9.59 Å². The van der Waals surface area contributed by atoms with Crippen LogP contribution in [0.3, 0.4) is 0 Å². The minimum absolute atomic E-state index is 0.108. The van der Waals surface area contributed by atoms with E-state index < -0.39 is 0 Å². The number of benzene rings is 2. The molecule has 2 aromatic heterocycles. The Morgan fingerprint density at radius 1 is 1.05 bits per heavy atom. The average molecular weight is 513 g/mol. The summed E-state index contributed by atoms with van der Waals surface area (Å²) in [5.74, 6) is 0.226. The fourth-order valence-corrected chi connectivity index (χ4v) is 4.86. The lowest BCUT2D eigenvalue weighted by atomic mass is 9.89. The van der Waals surface area contributed by atoms with E-state index in [4.69, 9.17) is 16.9 Å². The number of aromatic nitrogens is 2. The summed E-state index contributed by atoms with van der Waals surface area (Å²) in [7, 11) is 0. The van der Waals surface area contributed by atoms with Crippen molar-refractivity contribution in [1.82, 2.24) is 19.6 Å². The van der Waals surface area contributed by atoms with Crippen molar-refractivity contribution in [2.45, 2.75) is 25.3 Å². The van der Waals surface area contributed by atoms with E-state index in [2.05, 4.69) is 15.6 Å². The van der Waals surface area contributed by atoms with E-state index in [1.54, 1.807) is 18.3 Å². The van der Waals surface area contributed by atoms with Crippen LogP contribution in [-0.4, -0.2) is 39.3 Å². The molecule has 0 atom stereocenters. The molecule has 0 saturated carbocycles. The number of nitriles is 1. The minimum atomic E-state index is -0.274. The largest absolute Gasteiger partial charge is 0.339 e. The van der Waals surface area contributed by atoms with Gasteiger partial charge in [-0.25, -0.2) is 9.78 Å². The van der Waals surface area contributed by atoms with E-state index in [0.717, 1.165) is 24.1 Å². The van der Waals surface area contributed by atoms with Gasteiger partial charge >= 0.3 is 6.03 Å². The van der Waals surface area contributed by atoms with Crippen molar-refractivity contribution in [3.63, 3.8) is 0 Å². The smallest absolute Gasteiger partial charge is 0.319 e. The number of fused-ring (bicyclic) bond motifs is 1. The zero-order chi connectivity index (χ0) is 25.8. The monoisotopic (exact) mass is 512 g/mol. The van der Waals surface area contributed by atoms with Crippen LogP contribution >= 0.6 is 11.6 Å². The zero-order valence-electron chi connectivity index (χ0n) is 20.0. The maximum atomic E-state index is 12.9. The lowest BCUT2D eigenvalue weighted by Gasteiger charge is -2.32. The molecule has 1 aliphatic heterocycles. The van der Waals surface area contributed by atoms with Gasteiger partial charge in [0.05, 0.1) is 22.2 Å². The predicted octanol–water partition coefficient (Wildman–Crippen LogP) is 5.20. The molecule has 8 nitrogen and oxygen atoms in total. The molecule has 1 fully saturated rings. The minimum Gasteiger partial charge on any atom is -0.339 e. The second-order valence-electron chi connectivity index (χ2n) is 9.03. The fraction of sp³-hybridized carbons (Fsp3) is 0.214. The van der Waals surface area contributed by atoms with Gasteiger partial charge in [0.15, 0.2) is 0 Å². The maximum Gasteiger partial charge on any atom is 0.319 e. The van der Waals surface area contributed by atoms with E-state index >= 15 is 0 Å². The first-order valence-electron chi connectivity index (χ1n) is 12.1. The Hall–Kier alpha value is -4.35. The molecular formula is C28H25ClN6O2. The lowest BCUT2D eigenvalue weighted by molar-refractivity contribution is 0.0713. The van der Waals surface area contributed by atoms with Crippen LogP contribution in [0.4, 0.5) is 10.5 Å². The number of anilines is 1. The summed E-state index contributed by atoms with van der Waals surface area (Å²) in [4.78, 5) is 31.3. The Morgan fingerprint density at radius 2 is 1.84 bits per heavy atom. The molecule has 4 aromatic rings. The number of rotatable bonds is 5. The second kappa shape index (κ2) is 10.7. The highest BCUT2D eigenvalue weighted by molar-refractivity contribution is 6.34. The van der Waals surface area contributed by atoms with E-state index in [0.29, 0.717) is 47.4 Å². The van der Waals surface area contributed by atoms with Gasteiger partial charge in [0.25, 0.3) is 5.91 Å². The Morgan fingerprint density at radius 3 is 2.57 bits per heavy atom. The molecule has 186 valence electrons. The number of likely N-dealkylation sites (tertiary alicyclic amines) is 1. The first kappa shape index (κ1) is 24.3. The van der Waals surface area contributed by atoms with Gasteiger partial charge in [0.2, 0.25) is 0 Å². The van der Waals surface area contributed by atoms with Crippen molar-refractivity contribution >= 4 is 34.9 Å². The number of hydrogen-bond donors (Lipinski definition) is 2. The first-order chi connectivity index (χ1) is 18.0. The number of carbonyl (C=O) groups excluding carboxylic acids is 2. The molecule has 0 radical (unpaired) electrons. The summed E-state index contributed by atoms with van der Waals surface area (Å²) in [5, 5.41) is 15.0. The van der Waals surface area contributed by atoms with E-state index in [1.165, 1.54) is 11.6 Å². The predicted molar refractivity (Wildman–Crippen MR) is 142 cm³/mol. The molecule has 2 N–H and O–H groups in total. The third kappa shape index (κ3) is 5.57. The SMILES string of the molecule is N#Cc1ccc(C(=O)N2CCC(c3ccc(NC(=O)NCc4ccn5ccnc5c4)cc3)CC2)c(Cl)c1. The highest BCUT2D eigenvalue weighted by atomic mass is 35.5. The number of halogens is 1. The highest BCUT2D eigenvalue weighted by Gasteiger charge is 2.25. The molecule has 9 heteroatoms. The topological polar surface area (TPSA) is 103 Å². The van der Waals surface area contributed by atoms with Crippen molar-refractivity contribution in [2.24, 2.45) is 0 Å². The van der Waals surface area contributed by atoms with Crippen LogP contribution in [0, 0.1) is 11.3 Å². The third-order valence-corrected chi connectivity index (χ3v) is 6.98. The molecule has 5 rings (SSSR count). The molecule has 0 unspecified atom stereocenters. The molecule has 2 aromatic carbocycles. The summed E-state index contributed by atoms with van der Waals surface area (Å²) >= 11 is 6.23. The number of pyridine rings is 1. The van der Waals surface area contributed by atoms with Crippen LogP contribution in [0.25, 0.3) is 5.65 Å². The summed E-state index contributed by atoms with van der Waals surface area (Å²) in [6, 6.07) is 18.3. The van der Waals surface area contributed by atoms with Crippen molar-refractivity contribution in [3.05, 3.63) is 100 Å². The van der Waals surface area contributed by atoms with Crippen LogP contribution < -0.4 is 10.6 Å². The standard InChI is InChI=1S/C28H25ClN6O2/c29-25-15-19(17-30)1-6-24(25)27(36)35-12-8-22(9-13-35)21-2-4-23(5-3-21)33-28(37)32-18-20-7-11-34-14-10-31-26(34)16-20/h1-7,10-11,14-16,22H,8-9,12-13,18H2,(H2,32,33,37). The van der Waals surface area contributed by atoms with Gasteiger partial charge in [-0.05, 0) is 72.4 Å². The van der Waals surface area contributed by atoms with Crippen molar-refractivity contribution in [3.8, 4) is 6.07 Å². The average Bonchev–Trinajstić information content (AvgIpc) is 3.40. The zero-order valence-corrected chi connectivity index (χ0v) is 20.8. The lowest BCUT2D eigenvalue weighted by Crippen LogP contribution is -2.38. The summed E-state index contributed by atoms with van der Waals surface area (Å²) in [6.07, 6.45) is 7.21.